The highest BCUT2D eigenvalue weighted by Crippen LogP contribution is 2.28. The van der Waals surface area contributed by atoms with E-state index in [2.05, 4.69) is 15.5 Å². The smallest absolute Gasteiger partial charge is 0.272 e. The van der Waals surface area contributed by atoms with Gasteiger partial charge in [-0.25, -0.2) is 5.43 Å². The second-order valence-corrected chi connectivity index (χ2v) is 6.13. The number of nitrogens with one attached hydrogen (secondary N) is 1. The number of aryl methyl sites for hydroxylation is 1. The molecule has 0 aliphatic heterocycles. The summed E-state index contributed by atoms with van der Waals surface area (Å²) >= 11 is 0. The van der Waals surface area contributed by atoms with Gasteiger partial charge in [-0.15, -0.1) is 0 Å². The molecule has 0 saturated heterocycles. The number of hydrogen-bond acceptors (Lipinski definition) is 5. The van der Waals surface area contributed by atoms with Crippen molar-refractivity contribution in [2.45, 2.75) is 13.5 Å². The molecule has 0 spiro atoms. The molecule has 3 rings (SSSR count). The van der Waals surface area contributed by atoms with Crippen LogP contribution in [0.4, 0.5) is 0 Å². The van der Waals surface area contributed by atoms with E-state index in [4.69, 9.17) is 9.47 Å². The lowest BCUT2D eigenvalue weighted by atomic mass is 10.1. The summed E-state index contributed by atoms with van der Waals surface area (Å²) in [6.45, 7) is 2.47. The Hall–Kier alpha value is -3.67. The van der Waals surface area contributed by atoms with Crippen molar-refractivity contribution in [1.82, 2.24) is 10.4 Å². The van der Waals surface area contributed by atoms with Crippen LogP contribution in [0.25, 0.3) is 0 Å². The summed E-state index contributed by atoms with van der Waals surface area (Å²) in [5.74, 6) is 0.906. The number of hydrogen-bond donors (Lipinski definition) is 1. The maximum atomic E-state index is 12.0. The zero-order valence-electron chi connectivity index (χ0n) is 15.8. The van der Waals surface area contributed by atoms with E-state index in [9.17, 15) is 4.79 Å². The quantitative estimate of drug-likeness (QED) is 0.504. The molecule has 6 heteroatoms. The molecule has 1 heterocycles. The van der Waals surface area contributed by atoms with Gasteiger partial charge in [-0.1, -0.05) is 29.8 Å². The molecule has 0 radical (unpaired) electrons. The number of nitrogens with zero attached hydrogens (tertiary/aromatic N) is 2. The number of ether oxygens (including phenoxy) is 2. The van der Waals surface area contributed by atoms with E-state index < -0.39 is 0 Å². The zero-order valence-corrected chi connectivity index (χ0v) is 15.8. The Labute approximate surface area is 163 Å². The van der Waals surface area contributed by atoms with Crippen LogP contribution in [0.15, 0.2) is 72.1 Å². The first kappa shape index (κ1) is 19.1. The fourth-order valence-electron chi connectivity index (χ4n) is 2.46. The Morgan fingerprint density at radius 1 is 1.14 bits per heavy atom. The molecule has 3 aromatic rings. The van der Waals surface area contributed by atoms with Crippen LogP contribution >= 0.6 is 0 Å². The number of carbonyl (C=O) groups excluding carboxylic acids is 1. The van der Waals surface area contributed by atoms with Crippen LogP contribution in [0.3, 0.4) is 0 Å². The zero-order chi connectivity index (χ0) is 19.8. The van der Waals surface area contributed by atoms with Crippen molar-refractivity contribution in [2.24, 2.45) is 5.10 Å². The summed E-state index contributed by atoms with van der Waals surface area (Å²) in [5, 5.41) is 3.99. The van der Waals surface area contributed by atoms with Crippen molar-refractivity contribution in [2.75, 3.05) is 7.11 Å². The molecule has 28 heavy (non-hydrogen) atoms. The standard InChI is InChI=1S/C22H21N3O3/c1-16-5-7-17(8-6-16)15-28-21-12-18(9-10-20(21)27-2)13-24-25-22(26)19-4-3-11-23-14-19/h3-14H,15H2,1-2H3,(H,25,26)/b24-13-. The highest BCUT2D eigenvalue weighted by Gasteiger charge is 2.07. The summed E-state index contributed by atoms with van der Waals surface area (Å²) < 4.78 is 11.3. The third-order valence-corrected chi connectivity index (χ3v) is 4.01. The van der Waals surface area contributed by atoms with Gasteiger partial charge in [-0.2, -0.15) is 5.10 Å². The van der Waals surface area contributed by atoms with Crippen LogP contribution in [-0.2, 0) is 6.61 Å². The van der Waals surface area contributed by atoms with E-state index in [1.807, 2.05) is 43.3 Å². The van der Waals surface area contributed by atoms with Crippen LogP contribution in [0.1, 0.15) is 27.0 Å². The van der Waals surface area contributed by atoms with Crippen molar-refractivity contribution < 1.29 is 14.3 Å². The highest BCUT2D eigenvalue weighted by molar-refractivity contribution is 5.94. The van der Waals surface area contributed by atoms with Gasteiger partial charge >= 0.3 is 0 Å². The minimum absolute atomic E-state index is 0.325. The molecule has 0 atom stereocenters. The molecule has 142 valence electrons. The van der Waals surface area contributed by atoms with Gasteiger partial charge in [0.25, 0.3) is 5.91 Å². The summed E-state index contributed by atoms with van der Waals surface area (Å²) in [6.07, 6.45) is 4.64. The normalized spacial score (nSPS) is 10.6. The monoisotopic (exact) mass is 375 g/mol. The summed E-state index contributed by atoms with van der Waals surface area (Å²) in [7, 11) is 1.59. The predicted molar refractivity (Wildman–Crippen MR) is 108 cm³/mol. The van der Waals surface area contributed by atoms with Crippen LogP contribution < -0.4 is 14.9 Å². The molecular weight excluding hydrogens is 354 g/mol. The molecule has 2 aromatic carbocycles. The largest absolute Gasteiger partial charge is 0.493 e. The van der Waals surface area contributed by atoms with Crippen molar-refractivity contribution in [1.29, 1.82) is 0 Å². The van der Waals surface area contributed by atoms with E-state index in [0.717, 1.165) is 11.1 Å². The lowest BCUT2D eigenvalue weighted by Crippen LogP contribution is -2.17. The number of hydrazone groups is 1. The lowest BCUT2D eigenvalue weighted by Gasteiger charge is -2.11. The molecule has 0 aliphatic carbocycles. The molecule has 1 aromatic heterocycles. The summed E-state index contributed by atoms with van der Waals surface area (Å²) in [4.78, 5) is 15.9. The SMILES string of the molecule is COc1ccc(/C=N\NC(=O)c2cccnc2)cc1OCc1ccc(C)cc1. The van der Waals surface area contributed by atoms with Crippen LogP contribution in [0, 0.1) is 6.92 Å². The third kappa shape index (κ3) is 5.17. The predicted octanol–water partition coefficient (Wildman–Crippen LogP) is 3.74. The molecule has 0 bridgehead atoms. The average molecular weight is 375 g/mol. The van der Waals surface area contributed by atoms with Gasteiger partial charge in [-0.05, 0) is 48.4 Å². The van der Waals surface area contributed by atoms with Gasteiger partial charge in [-0.3, -0.25) is 9.78 Å². The second kappa shape index (κ2) is 9.32. The van der Waals surface area contributed by atoms with E-state index in [0.29, 0.717) is 23.7 Å². The minimum atomic E-state index is -0.325. The van der Waals surface area contributed by atoms with Crippen LogP contribution in [0.2, 0.25) is 0 Å². The molecule has 1 amide bonds. The lowest BCUT2D eigenvalue weighted by molar-refractivity contribution is 0.0955. The first-order valence-electron chi connectivity index (χ1n) is 8.75. The Bertz CT molecular complexity index is 955. The Kier molecular flexibility index (Phi) is 6.36. The van der Waals surface area contributed by atoms with Gasteiger partial charge in [0.15, 0.2) is 11.5 Å². The minimum Gasteiger partial charge on any atom is -0.493 e. The van der Waals surface area contributed by atoms with Gasteiger partial charge in [0, 0.05) is 12.4 Å². The van der Waals surface area contributed by atoms with Crippen LogP contribution in [-0.4, -0.2) is 24.2 Å². The first-order chi connectivity index (χ1) is 13.7. The number of aromatic nitrogens is 1. The maximum absolute atomic E-state index is 12.0. The molecule has 0 fully saturated rings. The number of pyridine rings is 1. The second-order valence-electron chi connectivity index (χ2n) is 6.13. The Morgan fingerprint density at radius 3 is 2.68 bits per heavy atom. The van der Waals surface area contributed by atoms with Gasteiger partial charge in [0.1, 0.15) is 6.61 Å². The number of benzene rings is 2. The van der Waals surface area contributed by atoms with E-state index in [1.165, 1.54) is 11.8 Å². The van der Waals surface area contributed by atoms with Crippen molar-refractivity contribution >= 4 is 12.1 Å². The number of amides is 1. The molecule has 0 aliphatic rings. The first-order valence-corrected chi connectivity index (χ1v) is 8.75. The average Bonchev–Trinajstić information content (AvgIpc) is 2.74. The molecule has 6 nitrogen and oxygen atoms in total. The molecular formula is C22H21N3O3. The maximum Gasteiger partial charge on any atom is 0.272 e. The number of methoxy groups -OCH3 is 1. The van der Waals surface area contributed by atoms with Crippen molar-refractivity contribution in [3.8, 4) is 11.5 Å². The van der Waals surface area contributed by atoms with Gasteiger partial charge in [0.2, 0.25) is 0 Å². The fraction of sp³-hybridized carbons (Fsp3) is 0.136. The van der Waals surface area contributed by atoms with Crippen molar-refractivity contribution in [3.63, 3.8) is 0 Å². The topological polar surface area (TPSA) is 72.8 Å². The summed E-state index contributed by atoms with van der Waals surface area (Å²) in [5.41, 5.74) is 5.95. The summed E-state index contributed by atoms with van der Waals surface area (Å²) in [6, 6.07) is 17.0. The van der Waals surface area contributed by atoms with E-state index in [1.54, 1.807) is 37.7 Å². The Morgan fingerprint density at radius 2 is 1.96 bits per heavy atom. The van der Waals surface area contributed by atoms with E-state index in [-0.39, 0.29) is 5.91 Å². The van der Waals surface area contributed by atoms with Crippen LogP contribution in [0.5, 0.6) is 11.5 Å². The molecule has 1 N–H and O–H groups in total. The molecule has 0 unspecified atom stereocenters. The third-order valence-electron chi connectivity index (χ3n) is 4.01. The highest BCUT2D eigenvalue weighted by atomic mass is 16.5. The van der Waals surface area contributed by atoms with Crippen molar-refractivity contribution in [3.05, 3.63) is 89.2 Å². The molecule has 0 saturated carbocycles. The number of rotatable bonds is 7. The van der Waals surface area contributed by atoms with Gasteiger partial charge < -0.3 is 9.47 Å². The van der Waals surface area contributed by atoms with E-state index >= 15 is 0 Å². The fourth-order valence-corrected chi connectivity index (χ4v) is 2.46. The van der Waals surface area contributed by atoms with Gasteiger partial charge in [0.05, 0.1) is 18.9 Å². The number of carbonyl (C=O) groups is 1. The Balaban J connectivity index is 1.66.